The molecule has 0 amide bonds. The molecule has 70 valence electrons. The Morgan fingerprint density at radius 3 is 2.93 bits per heavy atom. The van der Waals surface area contributed by atoms with Crippen molar-refractivity contribution in [1.29, 1.82) is 0 Å². The summed E-state index contributed by atoms with van der Waals surface area (Å²) in [6, 6.07) is 6.82. The van der Waals surface area contributed by atoms with Crippen LogP contribution in [0.1, 0.15) is 0 Å². The highest BCUT2D eigenvalue weighted by atomic mass is 16.3. The second-order valence-corrected chi connectivity index (χ2v) is 2.75. The van der Waals surface area contributed by atoms with E-state index in [1.165, 1.54) is 12.7 Å². The molecule has 0 aliphatic carbocycles. The van der Waals surface area contributed by atoms with Crippen LogP contribution in [0.4, 0.5) is 5.69 Å². The normalized spacial score (nSPS) is 10.0. The third-order valence-electron chi connectivity index (χ3n) is 1.83. The van der Waals surface area contributed by atoms with E-state index in [1.807, 2.05) is 6.07 Å². The maximum atomic E-state index is 10.8. The molecule has 1 aromatic heterocycles. The van der Waals surface area contributed by atoms with Gasteiger partial charge in [0, 0.05) is 17.7 Å². The Kier molecular flexibility index (Phi) is 1.98. The zero-order chi connectivity index (χ0) is 9.97. The number of nitrogens with zero attached hydrogens (tertiary/aromatic N) is 2. The average Bonchev–Trinajstić information content (AvgIpc) is 2.71. The molecule has 0 aliphatic heterocycles. The first kappa shape index (κ1) is 8.43. The van der Waals surface area contributed by atoms with Gasteiger partial charge in [0.05, 0.1) is 4.91 Å². The third kappa shape index (κ3) is 1.47. The number of benzene rings is 1. The molecule has 5 nitrogen and oxygen atoms in total. The van der Waals surface area contributed by atoms with Crippen LogP contribution in [0.25, 0.3) is 11.3 Å². The summed E-state index contributed by atoms with van der Waals surface area (Å²) in [5.74, 6) is 5.07. The Morgan fingerprint density at radius 1 is 1.43 bits per heavy atom. The van der Waals surface area contributed by atoms with Gasteiger partial charge < -0.3 is 4.42 Å². The Morgan fingerprint density at radius 2 is 2.29 bits per heavy atom. The molecule has 0 atom stereocenters. The molecule has 2 aromatic rings. The Balaban J connectivity index is 2.46. The van der Waals surface area contributed by atoms with Gasteiger partial charge in [0.2, 0.25) is 0 Å². The molecule has 1 aromatic carbocycles. The van der Waals surface area contributed by atoms with Gasteiger partial charge in [-0.3, -0.25) is 0 Å². The Labute approximate surface area is 79.7 Å². The summed E-state index contributed by atoms with van der Waals surface area (Å²) in [5, 5.41) is 0. The molecule has 2 rings (SSSR count). The van der Waals surface area contributed by atoms with E-state index in [1.54, 1.807) is 18.2 Å². The minimum absolute atomic E-state index is 0.309. The molecule has 0 saturated heterocycles. The summed E-state index contributed by atoms with van der Waals surface area (Å²) in [4.78, 5) is 15.1. The van der Waals surface area contributed by atoms with Crippen LogP contribution >= 0.6 is 0 Å². The van der Waals surface area contributed by atoms with Gasteiger partial charge >= 0.3 is 0 Å². The zero-order valence-corrected chi connectivity index (χ0v) is 7.25. The molecule has 0 fully saturated rings. The standard InChI is InChI=1S/C9H8N3O2/c10-12(13)8-3-1-2-7(4-8)9-5-14-6-11-9/h1-6H,(H2,10,13)/q+1. The van der Waals surface area contributed by atoms with E-state index in [0.717, 1.165) is 5.56 Å². The topological polar surface area (TPSA) is 72.1 Å². The lowest BCUT2D eigenvalue weighted by Gasteiger charge is -1.93. The minimum atomic E-state index is 0.309. The number of oxazole rings is 1. The minimum Gasteiger partial charge on any atom is -0.451 e. The molecule has 5 heteroatoms. The van der Waals surface area contributed by atoms with Crippen molar-refractivity contribution < 1.29 is 9.29 Å². The largest absolute Gasteiger partial charge is 0.451 e. The van der Waals surface area contributed by atoms with Crippen LogP contribution in [-0.4, -0.2) is 9.85 Å². The number of aromatic nitrogens is 1. The molecule has 0 radical (unpaired) electrons. The third-order valence-corrected chi connectivity index (χ3v) is 1.83. The number of nitroso groups, excluding NO2 is 1. The van der Waals surface area contributed by atoms with Gasteiger partial charge in [0.25, 0.3) is 5.69 Å². The number of rotatable bonds is 2. The quantitative estimate of drug-likeness (QED) is 0.443. The molecule has 0 spiro atoms. The fraction of sp³-hybridized carbons (Fsp3) is 0. The fourth-order valence-electron chi connectivity index (χ4n) is 1.16. The highest BCUT2D eigenvalue weighted by Gasteiger charge is 2.10. The van der Waals surface area contributed by atoms with Gasteiger partial charge in [-0.05, 0) is 0 Å². The first-order valence-corrected chi connectivity index (χ1v) is 3.98. The lowest BCUT2D eigenvalue weighted by Crippen LogP contribution is -2.08. The zero-order valence-electron chi connectivity index (χ0n) is 7.25. The second-order valence-electron chi connectivity index (χ2n) is 2.75. The maximum absolute atomic E-state index is 10.8. The smallest absolute Gasteiger partial charge is 0.292 e. The van der Waals surface area contributed by atoms with Gasteiger partial charge in [-0.15, -0.1) is 0 Å². The fourth-order valence-corrected chi connectivity index (χ4v) is 1.16. The lowest BCUT2D eigenvalue weighted by molar-refractivity contribution is -0.474. The highest BCUT2D eigenvalue weighted by Crippen LogP contribution is 2.21. The van der Waals surface area contributed by atoms with Crippen molar-refractivity contribution in [1.82, 2.24) is 4.98 Å². The van der Waals surface area contributed by atoms with E-state index in [2.05, 4.69) is 4.98 Å². The first-order valence-electron chi connectivity index (χ1n) is 3.98. The summed E-state index contributed by atoms with van der Waals surface area (Å²) in [7, 11) is 0. The van der Waals surface area contributed by atoms with E-state index in [-0.39, 0.29) is 0 Å². The first-order chi connectivity index (χ1) is 6.77. The van der Waals surface area contributed by atoms with E-state index in [9.17, 15) is 4.91 Å². The predicted octanol–water partition coefficient (Wildman–Crippen LogP) is 1.63. The molecule has 0 unspecified atom stereocenters. The summed E-state index contributed by atoms with van der Waals surface area (Å²) < 4.78 is 4.84. The average molecular weight is 190 g/mol. The van der Waals surface area contributed by atoms with E-state index >= 15 is 0 Å². The SMILES string of the molecule is N[N+](=O)c1cccc(-c2cocn2)c1. The molecule has 14 heavy (non-hydrogen) atoms. The van der Waals surface area contributed by atoms with Crippen molar-refractivity contribution in [3.63, 3.8) is 0 Å². The molecule has 0 bridgehead atoms. The number of hydrogen-bond donors (Lipinski definition) is 1. The van der Waals surface area contributed by atoms with Crippen molar-refractivity contribution in [2.24, 2.45) is 5.84 Å². The van der Waals surface area contributed by atoms with Gasteiger partial charge in [0.15, 0.2) is 11.3 Å². The van der Waals surface area contributed by atoms with Crippen LogP contribution < -0.4 is 5.84 Å². The van der Waals surface area contributed by atoms with Crippen molar-refractivity contribution in [3.8, 4) is 11.3 Å². The monoisotopic (exact) mass is 190 g/mol. The van der Waals surface area contributed by atoms with Crippen LogP contribution in [0.15, 0.2) is 41.3 Å². The summed E-state index contributed by atoms with van der Waals surface area (Å²) in [6.07, 6.45) is 2.84. The number of hydrogen-bond acceptors (Lipinski definition) is 3. The van der Waals surface area contributed by atoms with Crippen LogP contribution in [0.2, 0.25) is 0 Å². The molecule has 2 N–H and O–H groups in total. The van der Waals surface area contributed by atoms with E-state index < -0.39 is 0 Å². The molecule has 0 saturated carbocycles. The van der Waals surface area contributed by atoms with Crippen LogP contribution in [0.3, 0.4) is 0 Å². The highest BCUT2D eigenvalue weighted by molar-refractivity contribution is 5.60. The lowest BCUT2D eigenvalue weighted by atomic mass is 10.1. The molecule has 1 heterocycles. The molecule has 0 aliphatic rings. The second kappa shape index (κ2) is 3.29. The van der Waals surface area contributed by atoms with E-state index in [4.69, 9.17) is 10.3 Å². The summed E-state index contributed by atoms with van der Waals surface area (Å²) >= 11 is 0. The van der Waals surface area contributed by atoms with Gasteiger partial charge in [-0.25, -0.2) is 4.98 Å². The van der Waals surface area contributed by atoms with Crippen LogP contribution in [0, 0.1) is 4.91 Å². The molecular formula is C9H8N3O2+. The van der Waals surface area contributed by atoms with Crippen molar-refractivity contribution in [2.45, 2.75) is 0 Å². The maximum Gasteiger partial charge on any atom is 0.292 e. The Hall–Kier alpha value is -2.17. The summed E-state index contributed by atoms with van der Waals surface area (Å²) in [5.41, 5.74) is 1.85. The summed E-state index contributed by atoms with van der Waals surface area (Å²) in [6.45, 7) is 0. The van der Waals surface area contributed by atoms with E-state index in [0.29, 0.717) is 16.3 Å². The van der Waals surface area contributed by atoms with Gasteiger partial charge in [-0.2, -0.15) is 5.84 Å². The van der Waals surface area contributed by atoms with Crippen molar-refractivity contribution in [2.75, 3.05) is 0 Å². The number of nitrogens with two attached hydrogens (primary N) is 1. The van der Waals surface area contributed by atoms with Crippen LogP contribution in [0.5, 0.6) is 0 Å². The van der Waals surface area contributed by atoms with Gasteiger partial charge in [0.1, 0.15) is 12.0 Å². The molecular weight excluding hydrogens is 182 g/mol. The van der Waals surface area contributed by atoms with Gasteiger partial charge in [-0.1, -0.05) is 12.1 Å². The Bertz CT molecular complexity index is 451. The van der Waals surface area contributed by atoms with Crippen LogP contribution in [-0.2, 0) is 0 Å². The predicted molar refractivity (Wildman–Crippen MR) is 49.4 cm³/mol. The van der Waals surface area contributed by atoms with Crippen molar-refractivity contribution in [3.05, 3.63) is 41.8 Å². The number of hydrazine groups is 1. The van der Waals surface area contributed by atoms with Crippen molar-refractivity contribution >= 4 is 5.69 Å².